The summed E-state index contributed by atoms with van der Waals surface area (Å²) in [5.74, 6) is -0.139. The summed E-state index contributed by atoms with van der Waals surface area (Å²) in [7, 11) is 0. The Labute approximate surface area is 165 Å². The van der Waals surface area contributed by atoms with Gasteiger partial charge in [-0.2, -0.15) is 5.10 Å². The Morgan fingerprint density at radius 3 is 2.48 bits per heavy atom. The van der Waals surface area contributed by atoms with Crippen LogP contribution in [0.5, 0.6) is 0 Å². The highest BCUT2D eigenvalue weighted by atomic mass is 16.1. The molecule has 3 heterocycles. The van der Waals surface area contributed by atoms with Crippen molar-refractivity contribution in [2.24, 2.45) is 0 Å². The number of carbonyl (C=O) groups is 1. The van der Waals surface area contributed by atoms with Crippen LogP contribution in [0.4, 0.5) is 17.1 Å². The van der Waals surface area contributed by atoms with Crippen molar-refractivity contribution < 1.29 is 4.79 Å². The van der Waals surface area contributed by atoms with Gasteiger partial charge in [0.25, 0.3) is 5.91 Å². The maximum absolute atomic E-state index is 12.3. The van der Waals surface area contributed by atoms with Crippen LogP contribution in [0.1, 0.15) is 10.4 Å². The van der Waals surface area contributed by atoms with E-state index in [0.29, 0.717) is 11.2 Å². The highest BCUT2D eigenvalue weighted by Gasteiger charge is 2.10. The molecule has 7 nitrogen and oxygen atoms in total. The Hall–Kier alpha value is -4.26. The number of carbonyl (C=O) groups excluding carboxylic acids is 1. The molecule has 3 aromatic heterocycles. The quantitative estimate of drug-likeness (QED) is 0.427. The Kier molecular flexibility index (Phi) is 4.10. The predicted octanol–water partition coefficient (Wildman–Crippen LogP) is 4.50. The lowest BCUT2D eigenvalue weighted by molar-refractivity contribution is 0.102. The third-order valence-electron chi connectivity index (χ3n) is 4.64. The molecular formula is C22H16N6O. The van der Waals surface area contributed by atoms with Gasteiger partial charge < -0.3 is 10.6 Å². The topological polar surface area (TPSA) is 95.6 Å². The van der Waals surface area contributed by atoms with Crippen LogP contribution in [0.25, 0.3) is 21.9 Å². The molecule has 0 aliphatic heterocycles. The number of hydrogen-bond donors (Lipinski definition) is 3. The second kappa shape index (κ2) is 7.05. The van der Waals surface area contributed by atoms with Crippen LogP contribution >= 0.6 is 0 Å². The zero-order chi connectivity index (χ0) is 19.6. The number of nitrogens with zero attached hydrogens (tertiary/aromatic N) is 3. The average Bonchev–Trinajstić information content (AvgIpc) is 3.25. The molecule has 7 heteroatoms. The van der Waals surface area contributed by atoms with Crippen molar-refractivity contribution in [2.75, 3.05) is 10.6 Å². The number of aromatic nitrogens is 4. The molecule has 1 amide bonds. The van der Waals surface area contributed by atoms with E-state index >= 15 is 0 Å². The molecule has 0 fully saturated rings. The molecular weight excluding hydrogens is 364 g/mol. The van der Waals surface area contributed by atoms with Crippen molar-refractivity contribution >= 4 is 44.9 Å². The number of amides is 1. The van der Waals surface area contributed by atoms with Crippen molar-refractivity contribution in [1.82, 2.24) is 20.2 Å². The first-order valence-corrected chi connectivity index (χ1v) is 9.08. The van der Waals surface area contributed by atoms with Gasteiger partial charge in [-0.1, -0.05) is 18.2 Å². The van der Waals surface area contributed by atoms with Gasteiger partial charge in [-0.05, 0) is 42.5 Å². The number of nitrogens with one attached hydrogen (secondary N) is 3. The molecule has 0 spiro atoms. The molecule has 0 atom stereocenters. The molecule has 29 heavy (non-hydrogen) atoms. The van der Waals surface area contributed by atoms with Crippen LogP contribution in [-0.4, -0.2) is 26.1 Å². The lowest BCUT2D eigenvalue weighted by Gasteiger charge is -2.11. The first-order chi connectivity index (χ1) is 14.3. The number of pyridine rings is 2. The highest BCUT2D eigenvalue weighted by Crippen LogP contribution is 2.30. The number of hydrogen-bond acceptors (Lipinski definition) is 5. The Morgan fingerprint density at radius 2 is 1.66 bits per heavy atom. The molecule has 0 bridgehead atoms. The van der Waals surface area contributed by atoms with Gasteiger partial charge in [0.15, 0.2) is 5.65 Å². The summed E-state index contributed by atoms with van der Waals surface area (Å²) in [6.07, 6.45) is 5.22. The van der Waals surface area contributed by atoms with E-state index in [1.807, 2.05) is 48.5 Å². The number of aromatic amines is 1. The minimum atomic E-state index is -0.139. The third-order valence-corrected chi connectivity index (χ3v) is 4.64. The van der Waals surface area contributed by atoms with Crippen LogP contribution in [0.2, 0.25) is 0 Å². The molecule has 0 unspecified atom stereocenters. The van der Waals surface area contributed by atoms with Crippen molar-refractivity contribution in [3.8, 4) is 0 Å². The fourth-order valence-electron chi connectivity index (χ4n) is 3.22. The third kappa shape index (κ3) is 3.25. The molecule has 5 rings (SSSR count). The second-order valence-electron chi connectivity index (χ2n) is 6.54. The van der Waals surface area contributed by atoms with Crippen molar-refractivity contribution in [1.29, 1.82) is 0 Å². The van der Waals surface area contributed by atoms with E-state index in [1.165, 1.54) is 0 Å². The van der Waals surface area contributed by atoms with Gasteiger partial charge in [0.1, 0.15) is 0 Å². The van der Waals surface area contributed by atoms with Crippen molar-refractivity contribution in [3.63, 3.8) is 0 Å². The number of H-pyrrole nitrogens is 1. The minimum Gasteiger partial charge on any atom is -0.355 e. The predicted molar refractivity (Wildman–Crippen MR) is 113 cm³/mol. The zero-order valence-electron chi connectivity index (χ0n) is 15.3. The number of anilines is 3. The van der Waals surface area contributed by atoms with E-state index in [4.69, 9.17) is 0 Å². The summed E-state index contributed by atoms with van der Waals surface area (Å²) in [4.78, 5) is 21.0. The maximum atomic E-state index is 12.3. The van der Waals surface area contributed by atoms with Gasteiger partial charge in [0.05, 0.1) is 29.0 Å². The SMILES string of the molecule is O=C(Nc1ccc(Nc2ccnc3ncc4[nH]ncc4c23)cc1)c1ccccc1. The summed E-state index contributed by atoms with van der Waals surface area (Å²) in [5, 5.41) is 15.2. The van der Waals surface area contributed by atoms with Gasteiger partial charge in [-0.15, -0.1) is 0 Å². The Morgan fingerprint density at radius 1 is 0.862 bits per heavy atom. The Bertz CT molecular complexity index is 1310. The molecule has 5 aromatic rings. The summed E-state index contributed by atoms with van der Waals surface area (Å²) in [5.41, 5.74) is 4.62. The average molecular weight is 380 g/mol. The molecule has 0 aliphatic carbocycles. The molecule has 2 aromatic carbocycles. The second-order valence-corrected chi connectivity index (χ2v) is 6.54. The van der Waals surface area contributed by atoms with E-state index < -0.39 is 0 Å². The first-order valence-electron chi connectivity index (χ1n) is 9.08. The monoisotopic (exact) mass is 380 g/mol. The molecule has 0 saturated carbocycles. The summed E-state index contributed by atoms with van der Waals surface area (Å²) < 4.78 is 0. The van der Waals surface area contributed by atoms with E-state index in [0.717, 1.165) is 33.4 Å². The van der Waals surface area contributed by atoms with Crippen molar-refractivity contribution in [2.45, 2.75) is 0 Å². The number of fused-ring (bicyclic) bond motifs is 3. The number of benzene rings is 2. The van der Waals surface area contributed by atoms with E-state index in [-0.39, 0.29) is 5.91 Å². The lowest BCUT2D eigenvalue weighted by atomic mass is 10.1. The number of rotatable bonds is 4. The molecule has 3 N–H and O–H groups in total. The summed E-state index contributed by atoms with van der Waals surface area (Å²) in [6, 6.07) is 18.6. The van der Waals surface area contributed by atoms with E-state index in [2.05, 4.69) is 30.8 Å². The highest BCUT2D eigenvalue weighted by molar-refractivity contribution is 6.09. The molecule has 0 aliphatic rings. The summed E-state index contributed by atoms with van der Waals surface area (Å²) in [6.45, 7) is 0. The fourth-order valence-corrected chi connectivity index (χ4v) is 3.22. The minimum absolute atomic E-state index is 0.139. The fraction of sp³-hybridized carbons (Fsp3) is 0. The maximum Gasteiger partial charge on any atom is 0.255 e. The van der Waals surface area contributed by atoms with Gasteiger partial charge in [-0.25, -0.2) is 9.97 Å². The Balaban J connectivity index is 1.40. The van der Waals surface area contributed by atoms with Crippen LogP contribution in [-0.2, 0) is 0 Å². The normalized spacial score (nSPS) is 10.9. The van der Waals surface area contributed by atoms with E-state index in [9.17, 15) is 4.79 Å². The zero-order valence-corrected chi connectivity index (χ0v) is 15.3. The van der Waals surface area contributed by atoms with Crippen LogP contribution in [0, 0.1) is 0 Å². The molecule has 0 saturated heterocycles. The largest absolute Gasteiger partial charge is 0.355 e. The van der Waals surface area contributed by atoms with Gasteiger partial charge in [-0.3, -0.25) is 9.89 Å². The smallest absolute Gasteiger partial charge is 0.255 e. The molecule has 140 valence electrons. The summed E-state index contributed by atoms with van der Waals surface area (Å²) >= 11 is 0. The van der Waals surface area contributed by atoms with Gasteiger partial charge >= 0.3 is 0 Å². The van der Waals surface area contributed by atoms with Crippen molar-refractivity contribution in [3.05, 3.63) is 84.8 Å². The van der Waals surface area contributed by atoms with E-state index in [1.54, 1.807) is 30.7 Å². The van der Waals surface area contributed by atoms with Gasteiger partial charge in [0.2, 0.25) is 0 Å². The van der Waals surface area contributed by atoms with Crippen LogP contribution in [0.3, 0.4) is 0 Å². The lowest BCUT2D eigenvalue weighted by Crippen LogP contribution is -2.11. The van der Waals surface area contributed by atoms with Crippen LogP contribution in [0.15, 0.2) is 79.3 Å². The standard InChI is InChI=1S/C22H16N6O/c29-22(14-4-2-1-3-5-14)27-16-8-6-15(7-9-16)26-18-10-11-23-21-20(18)17-12-25-28-19(17)13-24-21/h1-13H,(H,25,28)(H,27,29)(H,23,24,26). The van der Waals surface area contributed by atoms with Crippen LogP contribution < -0.4 is 10.6 Å². The first kappa shape index (κ1) is 16.9. The molecule has 0 radical (unpaired) electrons. The van der Waals surface area contributed by atoms with Gasteiger partial charge in [0, 0.05) is 28.5 Å².